The molecule has 0 nitrogen and oxygen atoms in total. The fraction of sp³-hybridized carbons (Fsp3) is 0.0270. The molecule has 0 radical (unpaired) electrons. The Morgan fingerprint density at radius 2 is 1.08 bits per heavy atom. The number of fused-ring (bicyclic) bond motifs is 14. The molecule has 1 unspecified atom stereocenters. The van der Waals surface area contributed by atoms with Crippen LogP contribution in [0.25, 0.3) is 53.6 Å². The third-order valence-electron chi connectivity index (χ3n) is 8.78. The van der Waals surface area contributed by atoms with Crippen molar-refractivity contribution in [2.75, 3.05) is 0 Å². The van der Waals surface area contributed by atoms with Gasteiger partial charge in [0.1, 0.15) is 0 Å². The molecule has 0 saturated heterocycles. The van der Waals surface area contributed by atoms with Gasteiger partial charge in [0.2, 0.25) is 0 Å². The van der Waals surface area contributed by atoms with Crippen molar-refractivity contribution in [2.24, 2.45) is 0 Å². The average molecular weight is 533 g/mol. The highest BCUT2D eigenvalue weighted by Crippen LogP contribution is 2.66. The van der Waals surface area contributed by atoms with Crippen LogP contribution in [-0.4, -0.2) is 0 Å². The Hall–Kier alpha value is -4.17. The van der Waals surface area contributed by atoms with Gasteiger partial charge in [0.05, 0.1) is 5.41 Å². The van der Waals surface area contributed by atoms with Crippen molar-refractivity contribution in [3.63, 3.8) is 0 Å². The lowest BCUT2D eigenvalue weighted by atomic mass is 9.68. The normalized spacial score (nSPS) is 16.4. The van der Waals surface area contributed by atoms with Gasteiger partial charge < -0.3 is 0 Å². The van der Waals surface area contributed by atoms with E-state index >= 15 is 0 Å². The third kappa shape index (κ3) is 2.60. The van der Waals surface area contributed by atoms with E-state index in [9.17, 15) is 0 Å². The van der Waals surface area contributed by atoms with Crippen LogP contribution in [0.15, 0.2) is 127 Å². The van der Waals surface area contributed by atoms with Gasteiger partial charge in [-0.3, -0.25) is 0 Å². The molecule has 9 rings (SSSR count). The van der Waals surface area contributed by atoms with Crippen LogP contribution in [0.3, 0.4) is 0 Å². The van der Waals surface area contributed by atoms with Crippen molar-refractivity contribution in [1.29, 1.82) is 0 Å². The minimum atomic E-state index is -0.419. The first-order valence-electron chi connectivity index (χ1n) is 13.3. The van der Waals surface area contributed by atoms with Crippen LogP contribution in [0.1, 0.15) is 22.3 Å². The predicted octanol–water partition coefficient (Wildman–Crippen LogP) is 10.7. The summed E-state index contributed by atoms with van der Waals surface area (Å²) >= 11 is 8.81. The van der Waals surface area contributed by atoms with Gasteiger partial charge >= 0.3 is 0 Å². The minimum Gasteiger partial charge on any atom is -0.135 e. The van der Waals surface area contributed by atoms with Gasteiger partial charge in [0.15, 0.2) is 0 Å². The van der Waals surface area contributed by atoms with E-state index in [0.717, 1.165) is 10.6 Å². The molecule has 1 aromatic heterocycles. The maximum Gasteiger partial charge on any atom is 0.0732 e. The zero-order chi connectivity index (χ0) is 25.7. The topological polar surface area (TPSA) is 0 Å². The van der Waals surface area contributed by atoms with Gasteiger partial charge in [-0.15, -0.1) is 11.3 Å². The predicted molar refractivity (Wildman–Crippen MR) is 166 cm³/mol. The lowest BCUT2D eigenvalue weighted by Crippen LogP contribution is -2.26. The van der Waals surface area contributed by atoms with E-state index in [0.29, 0.717) is 0 Å². The van der Waals surface area contributed by atoms with Crippen LogP contribution in [0.2, 0.25) is 5.02 Å². The molecule has 0 saturated carbocycles. The lowest BCUT2D eigenvalue weighted by Gasteiger charge is -2.32. The summed E-state index contributed by atoms with van der Waals surface area (Å²) < 4.78 is 2.71. The molecule has 7 aromatic rings. The van der Waals surface area contributed by atoms with Crippen LogP contribution in [0.4, 0.5) is 0 Å². The Labute approximate surface area is 235 Å². The highest BCUT2D eigenvalue weighted by atomic mass is 35.5. The monoisotopic (exact) mass is 532 g/mol. The highest BCUT2D eigenvalue weighted by molar-refractivity contribution is 7.26. The number of thiophene rings is 1. The first-order chi connectivity index (χ1) is 19.3. The number of hydrogen-bond acceptors (Lipinski definition) is 1. The van der Waals surface area contributed by atoms with Gasteiger partial charge in [-0.2, -0.15) is 0 Å². The zero-order valence-electron chi connectivity index (χ0n) is 20.9. The van der Waals surface area contributed by atoms with Gasteiger partial charge in [0.25, 0.3) is 0 Å². The summed E-state index contributed by atoms with van der Waals surface area (Å²) in [4.78, 5) is 0. The molecule has 0 bridgehead atoms. The second kappa shape index (κ2) is 7.70. The molecule has 39 heavy (non-hydrogen) atoms. The minimum absolute atomic E-state index is 0.419. The second-order valence-electron chi connectivity index (χ2n) is 10.5. The molecule has 0 fully saturated rings. The van der Waals surface area contributed by atoms with Gasteiger partial charge in [-0.25, -0.2) is 0 Å². The van der Waals surface area contributed by atoms with Crippen molar-refractivity contribution < 1.29 is 0 Å². The van der Waals surface area contributed by atoms with E-state index in [1.165, 1.54) is 70.2 Å². The van der Waals surface area contributed by atoms with Crippen LogP contribution < -0.4 is 0 Å². The first-order valence-corrected chi connectivity index (χ1v) is 14.5. The molecule has 0 amide bonds. The summed E-state index contributed by atoms with van der Waals surface area (Å²) in [6.45, 7) is 0. The number of hydrogen-bond donors (Lipinski definition) is 0. The Kier molecular flexibility index (Phi) is 4.29. The third-order valence-corrected chi connectivity index (χ3v) is 10.3. The summed E-state index contributed by atoms with van der Waals surface area (Å²) in [5.41, 5.74) is 12.6. The summed E-state index contributed by atoms with van der Waals surface area (Å²) in [7, 11) is 0. The largest absolute Gasteiger partial charge is 0.135 e. The van der Waals surface area contributed by atoms with E-state index < -0.39 is 5.41 Å². The van der Waals surface area contributed by atoms with Crippen LogP contribution in [0, 0.1) is 0 Å². The molecule has 0 aliphatic heterocycles. The quantitative estimate of drug-likeness (QED) is 0.197. The highest BCUT2D eigenvalue weighted by Gasteiger charge is 2.53. The smallest absolute Gasteiger partial charge is 0.0732 e. The van der Waals surface area contributed by atoms with E-state index in [-0.39, 0.29) is 0 Å². The Balaban J connectivity index is 1.51. The number of halogens is 1. The maximum absolute atomic E-state index is 6.89. The zero-order valence-corrected chi connectivity index (χ0v) is 22.5. The average Bonchev–Trinajstić information content (AvgIpc) is 3.61. The lowest BCUT2D eigenvalue weighted by molar-refractivity contribution is 0.796. The molecule has 1 atom stereocenters. The molecule has 6 aromatic carbocycles. The maximum atomic E-state index is 6.89. The van der Waals surface area contributed by atoms with E-state index in [1.54, 1.807) is 0 Å². The molecule has 2 aliphatic rings. The van der Waals surface area contributed by atoms with E-state index in [2.05, 4.69) is 115 Å². The van der Waals surface area contributed by atoms with Crippen molar-refractivity contribution in [3.05, 3.63) is 155 Å². The van der Waals surface area contributed by atoms with Crippen molar-refractivity contribution >= 4 is 43.1 Å². The van der Waals surface area contributed by atoms with Gasteiger partial charge in [-0.1, -0.05) is 127 Å². The Morgan fingerprint density at radius 3 is 1.90 bits per heavy atom. The van der Waals surface area contributed by atoms with Crippen LogP contribution in [0.5, 0.6) is 0 Å². The fourth-order valence-electron chi connectivity index (χ4n) is 7.37. The Morgan fingerprint density at radius 1 is 0.462 bits per heavy atom. The van der Waals surface area contributed by atoms with Crippen molar-refractivity contribution in [2.45, 2.75) is 5.41 Å². The molecular formula is C37H21ClS. The summed E-state index contributed by atoms with van der Waals surface area (Å²) in [5, 5.41) is 3.46. The molecular weight excluding hydrogens is 512 g/mol. The van der Waals surface area contributed by atoms with Gasteiger partial charge in [0, 0.05) is 36.3 Å². The van der Waals surface area contributed by atoms with Crippen molar-refractivity contribution in [1.82, 2.24) is 0 Å². The molecule has 2 heteroatoms. The summed E-state index contributed by atoms with van der Waals surface area (Å²) in [6.07, 6.45) is 0. The second-order valence-corrected chi connectivity index (χ2v) is 12.0. The molecule has 1 spiro atoms. The van der Waals surface area contributed by atoms with Gasteiger partial charge in [-0.05, 0) is 56.6 Å². The first kappa shape index (κ1) is 21.7. The van der Waals surface area contributed by atoms with Crippen molar-refractivity contribution in [3.8, 4) is 33.4 Å². The number of benzene rings is 6. The standard InChI is InChI=1S/C37H21ClS/c38-32-18-7-3-11-23(32)26-15-9-14-25-22-10-1-5-16-29(22)37(35(25)26)30-17-6-2-13-28(30)34-31(37)21-20-27-24-12-4-8-19-33(24)39-36(27)34/h1-21H. The number of rotatable bonds is 1. The van der Waals surface area contributed by atoms with E-state index in [4.69, 9.17) is 11.6 Å². The Bertz CT molecular complexity index is 2150. The molecule has 182 valence electrons. The van der Waals surface area contributed by atoms with Crippen LogP contribution >= 0.6 is 22.9 Å². The molecule has 1 heterocycles. The SMILES string of the molecule is Clc1ccccc1-c1cccc2c1C1(c3ccccc3-2)c2ccccc2-c2c1ccc1c2sc2ccccc21. The summed E-state index contributed by atoms with van der Waals surface area (Å²) in [5.74, 6) is 0. The molecule has 0 N–H and O–H groups in total. The fourth-order valence-corrected chi connectivity index (χ4v) is 8.87. The molecule has 2 aliphatic carbocycles. The van der Waals surface area contributed by atoms with Crippen LogP contribution in [-0.2, 0) is 5.41 Å². The summed E-state index contributed by atoms with van der Waals surface area (Å²) in [6, 6.07) is 46.6. The van der Waals surface area contributed by atoms with E-state index in [1.807, 2.05) is 23.5 Å².